The Kier molecular flexibility index (Phi) is 3.06. The quantitative estimate of drug-likeness (QED) is 0.818. The fourth-order valence-electron chi connectivity index (χ4n) is 3.16. The molecular weight excluding hydrogens is 229 g/mol. The molecule has 1 aliphatic carbocycles. The topological polar surface area (TPSA) is 20.3 Å². The Morgan fingerprint density at radius 1 is 1.33 bits per heavy atom. The van der Waals surface area contributed by atoms with Crippen LogP contribution < -0.4 is 4.90 Å². The summed E-state index contributed by atoms with van der Waals surface area (Å²) in [6.07, 6.45) is 4.77. The summed E-state index contributed by atoms with van der Waals surface area (Å²) in [5, 5.41) is 0. The van der Waals surface area contributed by atoms with Gasteiger partial charge in [0.15, 0.2) is 0 Å². The first-order valence-corrected chi connectivity index (χ1v) is 6.80. The summed E-state index contributed by atoms with van der Waals surface area (Å²) < 4.78 is 13.3. The molecule has 0 amide bonds. The van der Waals surface area contributed by atoms with E-state index in [0.29, 0.717) is 5.78 Å². The number of anilines is 1. The molecule has 0 bridgehead atoms. The van der Waals surface area contributed by atoms with E-state index >= 15 is 0 Å². The Morgan fingerprint density at radius 3 is 3.00 bits per heavy atom. The summed E-state index contributed by atoms with van der Waals surface area (Å²) in [6.45, 7) is 1.84. The second-order valence-electron chi connectivity index (χ2n) is 5.35. The average Bonchev–Trinajstić information content (AvgIpc) is 2.93. The van der Waals surface area contributed by atoms with E-state index in [1.54, 1.807) is 6.07 Å². The minimum Gasteiger partial charge on any atom is -0.371 e. The van der Waals surface area contributed by atoms with Gasteiger partial charge in [0.1, 0.15) is 11.6 Å². The molecule has 3 heteroatoms. The lowest BCUT2D eigenvalue weighted by Gasteiger charge is -2.21. The van der Waals surface area contributed by atoms with Gasteiger partial charge in [-0.25, -0.2) is 4.39 Å². The van der Waals surface area contributed by atoms with Gasteiger partial charge in [0.05, 0.1) is 0 Å². The molecular formula is C15H18FNO. The Hall–Kier alpha value is -1.38. The van der Waals surface area contributed by atoms with E-state index in [2.05, 4.69) is 4.90 Å². The highest BCUT2D eigenvalue weighted by Crippen LogP contribution is 2.31. The summed E-state index contributed by atoms with van der Waals surface area (Å²) in [6, 6.07) is 5.03. The maximum Gasteiger partial charge on any atom is 0.136 e. The first-order valence-electron chi connectivity index (χ1n) is 6.80. The number of carbonyl (C=O) groups is 1. The molecule has 1 saturated carbocycles. The maximum atomic E-state index is 13.3. The second kappa shape index (κ2) is 4.71. The standard InChI is InChI=1S/C15H18FNO/c16-13-5-4-11-6-8-17(14(11)10-13)9-7-12-2-1-3-15(12)18/h4-5,10,12H,1-3,6-9H2. The molecule has 18 heavy (non-hydrogen) atoms. The molecule has 2 nitrogen and oxygen atoms in total. The normalized spacial score (nSPS) is 22.6. The van der Waals surface area contributed by atoms with Gasteiger partial charge in [-0.15, -0.1) is 0 Å². The van der Waals surface area contributed by atoms with Gasteiger partial charge in [0, 0.05) is 31.1 Å². The van der Waals surface area contributed by atoms with Crippen LogP contribution >= 0.6 is 0 Å². The summed E-state index contributed by atoms with van der Waals surface area (Å²) in [5.41, 5.74) is 2.26. The largest absolute Gasteiger partial charge is 0.371 e. The van der Waals surface area contributed by atoms with Gasteiger partial charge >= 0.3 is 0 Å². The highest BCUT2D eigenvalue weighted by Gasteiger charge is 2.26. The zero-order valence-corrected chi connectivity index (χ0v) is 10.5. The van der Waals surface area contributed by atoms with E-state index < -0.39 is 0 Å². The molecule has 3 rings (SSSR count). The lowest BCUT2D eigenvalue weighted by Crippen LogP contribution is -2.24. The van der Waals surface area contributed by atoms with Crippen molar-refractivity contribution in [2.45, 2.75) is 32.1 Å². The van der Waals surface area contributed by atoms with E-state index in [0.717, 1.165) is 50.9 Å². The molecule has 1 aromatic rings. The fraction of sp³-hybridized carbons (Fsp3) is 0.533. The number of carbonyl (C=O) groups excluding carboxylic acids is 1. The van der Waals surface area contributed by atoms with Crippen molar-refractivity contribution >= 4 is 11.5 Å². The van der Waals surface area contributed by atoms with Crippen LogP contribution in [0, 0.1) is 11.7 Å². The molecule has 0 saturated heterocycles. The number of ketones is 1. The Labute approximate surface area is 107 Å². The van der Waals surface area contributed by atoms with Gasteiger partial charge in [-0.1, -0.05) is 6.07 Å². The fourth-order valence-corrected chi connectivity index (χ4v) is 3.16. The van der Waals surface area contributed by atoms with Crippen LogP contribution in [-0.2, 0) is 11.2 Å². The number of nitrogens with zero attached hydrogens (tertiary/aromatic N) is 1. The lowest BCUT2D eigenvalue weighted by molar-refractivity contribution is -0.120. The smallest absolute Gasteiger partial charge is 0.136 e. The van der Waals surface area contributed by atoms with Crippen LogP contribution in [0.4, 0.5) is 10.1 Å². The highest BCUT2D eigenvalue weighted by molar-refractivity contribution is 5.82. The molecule has 2 aliphatic rings. The summed E-state index contributed by atoms with van der Waals surface area (Å²) in [4.78, 5) is 13.8. The van der Waals surface area contributed by atoms with Crippen LogP contribution in [0.5, 0.6) is 0 Å². The highest BCUT2D eigenvalue weighted by atomic mass is 19.1. The minimum atomic E-state index is -0.169. The third-order valence-electron chi connectivity index (χ3n) is 4.22. The van der Waals surface area contributed by atoms with Crippen LogP contribution in [0.15, 0.2) is 18.2 Å². The average molecular weight is 247 g/mol. The Balaban J connectivity index is 1.65. The van der Waals surface area contributed by atoms with Crippen LogP contribution in [0.2, 0.25) is 0 Å². The number of rotatable bonds is 3. The monoisotopic (exact) mass is 247 g/mol. The number of benzene rings is 1. The molecule has 1 atom stereocenters. The molecule has 1 aromatic carbocycles. The zero-order valence-electron chi connectivity index (χ0n) is 10.5. The number of hydrogen-bond donors (Lipinski definition) is 0. The predicted molar refractivity (Wildman–Crippen MR) is 69.3 cm³/mol. The van der Waals surface area contributed by atoms with Gasteiger partial charge in [-0.2, -0.15) is 0 Å². The molecule has 1 unspecified atom stereocenters. The maximum absolute atomic E-state index is 13.3. The Morgan fingerprint density at radius 2 is 2.22 bits per heavy atom. The van der Waals surface area contributed by atoms with E-state index in [4.69, 9.17) is 0 Å². The van der Waals surface area contributed by atoms with Gasteiger partial charge in [0.2, 0.25) is 0 Å². The third-order valence-corrected chi connectivity index (χ3v) is 4.22. The number of hydrogen-bond acceptors (Lipinski definition) is 2. The van der Waals surface area contributed by atoms with E-state index in [-0.39, 0.29) is 11.7 Å². The predicted octanol–water partition coefficient (Wildman–Crippen LogP) is 2.95. The van der Waals surface area contributed by atoms with E-state index in [9.17, 15) is 9.18 Å². The van der Waals surface area contributed by atoms with Crippen molar-refractivity contribution in [1.29, 1.82) is 0 Å². The minimum absolute atomic E-state index is 0.169. The van der Waals surface area contributed by atoms with Crippen molar-refractivity contribution in [1.82, 2.24) is 0 Å². The van der Waals surface area contributed by atoms with Gasteiger partial charge in [-0.3, -0.25) is 4.79 Å². The molecule has 96 valence electrons. The number of Topliss-reactive ketones (excluding diaryl/α,β-unsaturated/α-hetero) is 1. The van der Waals surface area contributed by atoms with Crippen LogP contribution in [0.3, 0.4) is 0 Å². The SMILES string of the molecule is O=C1CCCC1CCN1CCc2ccc(F)cc21. The van der Waals surface area contributed by atoms with Crippen molar-refractivity contribution in [2.75, 3.05) is 18.0 Å². The molecule has 1 heterocycles. The van der Waals surface area contributed by atoms with Crippen molar-refractivity contribution in [3.05, 3.63) is 29.6 Å². The lowest BCUT2D eigenvalue weighted by atomic mass is 10.0. The molecule has 0 radical (unpaired) electrons. The number of fused-ring (bicyclic) bond motifs is 1. The zero-order chi connectivity index (χ0) is 12.5. The van der Waals surface area contributed by atoms with Crippen molar-refractivity contribution < 1.29 is 9.18 Å². The summed E-state index contributed by atoms with van der Waals surface area (Å²) >= 11 is 0. The molecule has 1 aliphatic heterocycles. The summed E-state index contributed by atoms with van der Waals surface area (Å²) in [5.74, 6) is 0.508. The first-order chi connectivity index (χ1) is 8.74. The van der Waals surface area contributed by atoms with Gasteiger partial charge in [0.25, 0.3) is 0 Å². The van der Waals surface area contributed by atoms with Crippen LogP contribution in [-0.4, -0.2) is 18.9 Å². The molecule has 0 aromatic heterocycles. The van der Waals surface area contributed by atoms with E-state index in [1.165, 1.54) is 11.6 Å². The second-order valence-corrected chi connectivity index (χ2v) is 5.35. The first kappa shape index (κ1) is 11.7. The molecule has 1 fully saturated rings. The third kappa shape index (κ3) is 2.14. The van der Waals surface area contributed by atoms with Crippen LogP contribution in [0.1, 0.15) is 31.2 Å². The molecule has 0 N–H and O–H groups in total. The number of halogens is 1. The van der Waals surface area contributed by atoms with Crippen LogP contribution in [0.25, 0.3) is 0 Å². The Bertz CT molecular complexity index is 472. The van der Waals surface area contributed by atoms with Crippen molar-refractivity contribution in [3.63, 3.8) is 0 Å². The van der Waals surface area contributed by atoms with Gasteiger partial charge < -0.3 is 4.90 Å². The summed E-state index contributed by atoms with van der Waals surface area (Å²) in [7, 11) is 0. The molecule has 0 spiro atoms. The van der Waals surface area contributed by atoms with Crippen molar-refractivity contribution in [2.24, 2.45) is 5.92 Å². The van der Waals surface area contributed by atoms with Gasteiger partial charge in [-0.05, 0) is 43.4 Å². The van der Waals surface area contributed by atoms with Crippen molar-refractivity contribution in [3.8, 4) is 0 Å². The van der Waals surface area contributed by atoms with E-state index in [1.807, 2.05) is 6.07 Å².